The van der Waals surface area contributed by atoms with Crippen molar-refractivity contribution in [2.24, 2.45) is 28.1 Å². The van der Waals surface area contributed by atoms with E-state index in [0.29, 0.717) is 6.42 Å². The van der Waals surface area contributed by atoms with E-state index in [9.17, 15) is 24.6 Å². The summed E-state index contributed by atoms with van der Waals surface area (Å²) in [6.07, 6.45) is -3.96. The molecule has 2 spiro atoms. The summed E-state index contributed by atoms with van der Waals surface area (Å²) in [5.41, 5.74) is -6.81. The summed E-state index contributed by atoms with van der Waals surface area (Å²) in [6.45, 7) is 7.47. The Bertz CT molecular complexity index is 893. The Labute approximate surface area is 166 Å². The molecule has 10 atom stereocenters. The molecule has 29 heavy (non-hydrogen) atoms. The van der Waals surface area contributed by atoms with Crippen LogP contribution < -0.4 is 0 Å². The Kier molecular flexibility index (Phi) is 2.79. The van der Waals surface area contributed by atoms with Crippen molar-refractivity contribution in [2.75, 3.05) is 0 Å². The number of rotatable bonds is 0. The van der Waals surface area contributed by atoms with E-state index in [1.165, 1.54) is 6.92 Å². The van der Waals surface area contributed by atoms with Crippen molar-refractivity contribution in [1.82, 2.24) is 0 Å². The topological polar surface area (TPSA) is 129 Å². The van der Waals surface area contributed by atoms with Gasteiger partial charge in [-0.05, 0) is 24.7 Å². The second kappa shape index (κ2) is 4.48. The summed E-state index contributed by atoms with van der Waals surface area (Å²) >= 11 is 0. The molecule has 9 nitrogen and oxygen atoms in total. The molecule has 1 unspecified atom stereocenters. The largest absolute Gasteiger partial charge is 0.459 e. The first-order valence-corrected chi connectivity index (χ1v) is 10.1. The van der Waals surface area contributed by atoms with Crippen LogP contribution in [0.3, 0.4) is 0 Å². The van der Waals surface area contributed by atoms with Crippen LogP contribution in [-0.4, -0.2) is 63.9 Å². The molecular formula is C20H24O9. The highest BCUT2D eigenvalue weighted by Crippen LogP contribution is 2.84. The van der Waals surface area contributed by atoms with Crippen molar-refractivity contribution in [3.05, 3.63) is 0 Å². The van der Waals surface area contributed by atoms with Gasteiger partial charge in [0.2, 0.25) is 11.9 Å². The number of aliphatic hydroxyl groups is 2. The van der Waals surface area contributed by atoms with E-state index in [2.05, 4.69) is 0 Å². The summed E-state index contributed by atoms with van der Waals surface area (Å²) in [5, 5.41) is 23.0. The number of carbonyl (C=O) groups is 3. The van der Waals surface area contributed by atoms with Gasteiger partial charge < -0.3 is 29.2 Å². The molecule has 0 aromatic heterocycles. The van der Waals surface area contributed by atoms with E-state index >= 15 is 0 Å². The van der Waals surface area contributed by atoms with Crippen molar-refractivity contribution in [3.8, 4) is 0 Å². The molecule has 0 radical (unpaired) electrons. The minimum absolute atomic E-state index is 0.0623. The molecule has 158 valence electrons. The number of hydrogen-bond acceptors (Lipinski definition) is 9. The fourth-order valence-corrected chi connectivity index (χ4v) is 8.06. The minimum atomic E-state index is -1.97. The van der Waals surface area contributed by atoms with Crippen molar-refractivity contribution in [1.29, 1.82) is 0 Å². The second-order valence-electron chi connectivity index (χ2n) is 10.6. The average Bonchev–Trinajstić information content (AvgIpc) is 3.31. The molecule has 2 N–H and O–H groups in total. The van der Waals surface area contributed by atoms with Crippen LogP contribution in [0.15, 0.2) is 0 Å². The maximum absolute atomic E-state index is 13.3. The Morgan fingerprint density at radius 2 is 1.72 bits per heavy atom. The predicted octanol–water partition coefficient (Wildman–Crippen LogP) is -0.340. The smallest absolute Gasteiger partial charge is 0.342 e. The molecule has 0 bridgehead atoms. The van der Waals surface area contributed by atoms with Gasteiger partial charge in [-0.15, -0.1) is 0 Å². The van der Waals surface area contributed by atoms with Crippen molar-refractivity contribution in [3.63, 3.8) is 0 Å². The predicted molar refractivity (Wildman–Crippen MR) is 90.6 cm³/mol. The van der Waals surface area contributed by atoms with Crippen LogP contribution >= 0.6 is 0 Å². The minimum Gasteiger partial charge on any atom is -0.459 e. The standard InChI is InChI=1S/C20H24O9/c1-7-12(22)26-10-6-17-9-5-8(16(2,3)4)18(17)11(21)13(23)28-15(18)29-20(17,14(24)27-9)19(7,10)25/h7-11,15,21,25H,5-6H2,1-4H3/t7-,8+,9-,10+,11+,15+,17?,18+,19-,20-/m1/s1. The fraction of sp³-hybridized carbons (Fsp3) is 0.850. The maximum Gasteiger partial charge on any atom is 0.342 e. The first-order valence-electron chi connectivity index (χ1n) is 10.1. The zero-order valence-corrected chi connectivity index (χ0v) is 16.6. The molecule has 0 aromatic rings. The van der Waals surface area contributed by atoms with Gasteiger partial charge in [-0.2, -0.15) is 0 Å². The molecule has 6 fully saturated rings. The molecule has 4 heterocycles. The summed E-state index contributed by atoms with van der Waals surface area (Å²) in [7, 11) is 0. The number of fused-ring (bicyclic) bond motifs is 1. The zero-order valence-electron chi connectivity index (χ0n) is 16.6. The Balaban J connectivity index is 1.68. The highest BCUT2D eigenvalue weighted by Gasteiger charge is 3.01. The molecule has 4 aliphatic heterocycles. The van der Waals surface area contributed by atoms with Gasteiger partial charge in [-0.1, -0.05) is 20.8 Å². The molecule has 6 aliphatic rings. The highest BCUT2D eigenvalue weighted by atomic mass is 16.8. The highest BCUT2D eigenvalue weighted by molar-refractivity contribution is 5.93. The Hall–Kier alpha value is -1.71. The van der Waals surface area contributed by atoms with Crippen LogP contribution in [0.2, 0.25) is 0 Å². The molecular weight excluding hydrogens is 384 g/mol. The lowest BCUT2D eigenvalue weighted by Crippen LogP contribution is -2.66. The summed E-state index contributed by atoms with van der Waals surface area (Å²) in [4.78, 5) is 38.1. The Morgan fingerprint density at radius 1 is 1.03 bits per heavy atom. The van der Waals surface area contributed by atoms with Gasteiger partial charge in [-0.25, -0.2) is 9.59 Å². The first-order chi connectivity index (χ1) is 13.4. The monoisotopic (exact) mass is 408 g/mol. The SMILES string of the molecule is C[C@@H]1C(=O)O[C@H]2CC34[C@H]5C[C@@H](C(C)(C)C)[C@]36[C@@H](OC(=O)[C@@H]6O)O[C@@]4(C(=O)O5)[C@]21O. The second-order valence-corrected chi connectivity index (χ2v) is 10.6. The third-order valence-corrected chi connectivity index (χ3v) is 8.97. The molecule has 9 heteroatoms. The van der Waals surface area contributed by atoms with Crippen LogP contribution in [0.25, 0.3) is 0 Å². The molecule has 4 saturated heterocycles. The van der Waals surface area contributed by atoms with Gasteiger partial charge in [0, 0.05) is 6.42 Å². The number of hydrogen-bond donors (Lipinski definition) is 2. The average molecular weight is 408 g/mol. The quantitative estimate of drug-likeness (QED) is 0.408. The van der Waals surface area contributed by atoms with Gasteiger partial charge in [0.25, 0.3) is 0 Å². The van der Waals surface area contributed by atoms with E-state index in [0.717, 1.165) is 0 Å². The van der Waals surface area contributed by atoms with Crippen LogP contribution in [0.1, 0.15) is 40.5 Å². The van der Waals surface area contributed by atoms with E-state index in [4.69, 9.17) is 18.9 Å². The van der Waals surface area contributed by atoms with E-state index in [-0.39, 0.29) is 17.8 Å². The third kappa shape index (κ3) is 1.35. The lowest BCUT2D eigenvalue weighted by atomic mass is 9.51. The van der Waals surface area contributed by atoms with Crippen molar-refractivity contribution in [2.45, 2.75) is 76.3 Å². The van der Waals surface area contributed by atoms with Crippen LogP contribution in [0, 0.1) is 28.1 Å². The third-order valence-electron chi connectivity index (χ3n) is 8.97. The molecule has 6 rings (SSSR count). The number of aliphatic hydroxyl groups excluding tert-OH is 1. The Morgan fingerprint density at radius 3 is 2.38 bits per heavy atom. The van der Waals surface area contributed by atoms with Crippen molar-refractivity contribution < 1.29 is 43.5 Å². The molecule has 2 aliphatic carbocycles. The zero-order chi connectivity index (χ0) is 20.9. The molecule has 0 amide bonds. The lowest BCUT2D eigenvalue weighted by Gasteiger charge is -2.46. The number of carbonyl (C=O) groups excluding carboxylic acids is 3. The van der Waals surface area contributed by atoms with E-state index in [1.807, 2.05) is 20.8 Å². The molecule has 2 saturated carbocycles. The lowest BCUT2D eigenvalue weighted by molar-refractivity contribution is -0.238. The van der Waals surface area contributed by atoms with Gasteiger partial charge in [0.05, 0.1) is 16.7 Å². The van der Waals surface area contributed by atoms with Gasteiger partial charge in [0.15, 0.2) is 11.7 Å². The summed E-state index contributed by atoms with van der Waals surface area (Å²) in [6, 6.07) is 0. The van der Waals surface area contributed by atoms with Gasteiger partial charge >= 0.3 is 17.9 Å². The maximum atomic E-state index is 13.3. The normalized spacial score (nSPS) is 59.2. The number of esters is 3. The molecule has 0 aromatic carbocycles. The number of ether oxygens (including phenoxy) is 4. The van der Waals surface area contributed by atoms with Crippen LogP contribution in [0.5, 0.6) is 0 Å². The first kappa shape index (κ1) is 18.1. The summed E-state index contributed by atoms with van der Waals surface area (Å²) in [5.74, 6) is -3.52. The van der Waals surface area contributed by atoms with Gasteiger partial charge in [0.1, 0.15) is 12.2 Å². The van der Waals surface area contributed by atoms with Crippen LogP contribution in [0.4, 0.5) is 0 Å². The fourth-order valence-electron chi connectivity index (χ4n) is 8.06. The van der Waals surface area contributed by atoms with E-state index < -0.39 is 70.5 Å². The van der Waals surface area contributed by atoms with Crippen LogP contribution in [-0.2, 0) is 33.3 Å². The summed E-state index contributed by atoms with van der Waals surface area (Å²) < 4.78 is 22.9. The van der Waals surface area contributed by atoms with E-state index in [1.54, 1.807) is 0 Å². The van der Waals surface area contributed by atoms with Gasteiger partial charge in [-0.3, -0.25) is 4.79 Å². The van der Waals surface area contributed by atoms with Crippen molar-refractivity contribution >= 4 is 17.9 Å².